The fraction of sp³-hybridized carbons (Fsp3) is 0.562. The molecule has 4 heteroatoms. The zero-order valence-electron chi connectivity index (χ0n) is 12.7. The summed E-state index contributed by atoms with van der Waals surface area (Å²) in [5.41, 5.74) is 6.70. The number of ether oxygens (including phenoxy) is 1. The molecule has 0 aliphatic rings. The van der Waals surface area contributed by atoms with Crippen LogP contribution in [-0.2, 0) is 6.42 Å². The van der Waals surface area contributed by atoms with Gasteiger partial charge in [-0.15, -0.1) is 0 Å². The Labute approximate surface area is 121 Å². The molecule has 0 atom stereocenters. The lowest BCUT2D eigenvalue weighted by molar-refractivity contribution is 0.288. The molecule has 20 heavy (non-hydrogen) atoms. The Balaban J connectivity index is 2.25. The van der Waals surface area contributed by atoms with Crippen LogP contribution in [0.2, 0.25) is 0 Å². The van der Waals surface area contributed by atoms with E-state index in [-0.39, 0.29) is 11.3 Å². The molecule has 112 valence electrons. The van der Waals surface area contributed by atoms with Crippen molar-refractivity contribution >= 4 is 5.84 Å². The molecule has 4 nitrogen and oxygen atoms in total. The van der Waals surface area contributed by atoms with Crippen molar-refractivity contribution in [1.29, 1.82) is 0 Å². The van der Waals surface area contributed by atoms with E-state index in [4.69, 9.17) is 15.7 Å². The fourth-order valence-electron chi connectivity index (χ4n) is 1.94. The lowest BCUT2D eigenvalue weighted by Crippen LogP contribution is -2.31. The van der Waals surface area contributed by atoms with Crippen molar-refractivity contribution in [2.45, 2.75) is 46.5 Å². The third kappa shape index (κ3) is 5.11. The van der Waals surface area contributed by atoms with Crippen molar-refractivity contribution in [3.8, 4) is 5.75 Å². The number of amidine groups is 1. The van der Waals surface area contributed by atoms with Crippen molar-refractivity contribution in [2.75, 3.05) is 6.61 Å². The van der Waals surface area contributed by atoms with Gasteiger partial charge in [-0.3, -0.25) is 0 Å². The number of oxime groups is 1. The summed E-state index contributed by atoms with van der Waals surface area (Å²) in [4.78, 5) is 0. The predicted molar refractivity (Wildman–Crippen MR) is 82.4 cm³/mol. The van der Waals surface area contributed by atoms with Crippen LogP contribution in [0.15, 0.2) is 29.4 Å². The Kier molecular flexibility index (Phi) is 6.36. The maximum Gasteiger partial charge on any atom is 0.144 e. The van der Waals surface area contributed by atoms with Gasteiger partial charge in [0.1, 0.15) is 11.6 Å². The molecule has 0 bridgehead atoms. The van der Waals surface area contributed by atoms with Gasteiger partial charge in [-0.25, -0.2) is 0 Å². The summed E-state index contributed by atoms with van der Waals surface area (Å²) >= 11 is 0. The lowest BCUT2D eigenvalue weighted by Gasteiger charge is -2.22. The summed E-state index contributed by atoms with van der Waals surface area (Å²) in [7, 11) is 0. The minimum atomic E-state index is -0.266. The number of unbranched alkanes of at least 4 members (excludes halogenated alkanes) is 1. The first-order valence-corrected chi connectivity index (χ1v) is 7.19. The maximum absolute atomic E-state index is 8.70. The number of hydrogen-bond donors (Lipinski definition) is 2. The second-order valence-electron chi connectivity index (χ2n) is 5.67. The van der Waals surface area contributed by atoms with Crippen LogP contribution in [0, 0.1) is 5.41 Å². The highest BCUT2D eigenvalue weighted by Gasteiger charge is 2.22. The Morgan fingerprint density at radius 3 is 2.45 bits per heavy atom. The standard InChI is InChI=1S/C16H26N2O2/c1-4-13-7-9-14(10-8-13)20-12-6-5-11-16(2,3)15(17)18-19/h7-10,19H,4-6,11-12H2,1-3H3,(H2,17,18). The van der Waals surface area contributed by atoms with Gasteiger partial charge in [-0.05, 0) is 43.4 Å². The SMILES string of the molecule is CCc1ccc(OCCCCC(C)(C)/C(N)=N/O)cc1. The summed E-state index contributed by atoms with van der Waals surface area (Å²) in [5, 5.41) is 11.8. The molecular weight excluding hydrogens is 252 g/mol. The van der Waals surface area contributed by atoms with Gasteiger partial charge in [-0.2, -0.15) is 0 Å². The summed E-state index contributed by atoms with van der Waals surface area (Å²) in [6, 6.07) is 8.21. The lowest BCUT2D eigenvalue weighted by atomic mass is 9.86. The fourth-order valence-corrected chi connectivity index (χ4v) is 1.94. The molecular formula is C16H26N2O2. The Hall–Kier alpha value is -1.71. The van der Waals surface area contributed by atoms with E-state index < -0.39 is 0 Å². The van der Waals surface area contributed by atoms with E-state index in [0.717, 1.165) is 31.4 Å². The molecule has 1 rings (SSSR count). The van der Waals surface area contributed by atoms with Crippen LogP contribution in [0.5, 0.6) is 5.75 Å². The van der Waals surface area contributed by atoms with Gasteiger partial charge < -0.3 is 15.7 Å². The molecule has 1 aromatic carbocycles. The minimum absolute atomic E-state index is 0.266. The van der Waals surface area contributed by atoms with Gasteiger partial charge >= 0.3 is 0 Å². The molecule has 0 heterocycles. The highest BCUT2D eigenvalue weighted by Crippen LogP contribution is 2.23. The molecule has 0 radical (unpaired) electrons. The molecule has 0 spiro atoms. The molecule has 0 aromatic heterocycles. The number of hydrogen-bond acceptors (Lipinski definition) is 3. The number of nitrogens with two attached hydrogens (primary N) is 1. The van der Waals surface area contributed by atoms with Crippen molar-refractivity contribution in [3.05, 3.63) is 29.8 Å². The monoisotopic (exact) mass is 278 g/mol. The Morgan fingerprint density at radius 1 is 1.25 bits per heavy atom. The molecule has 0 saturated carbocycles. The third-order valence-corrected chi connectivity index (χ3v) is 3.60. The van der Waals surface area contributed by atoms with E-state index in [0.29, 0.717) is 6.61 Å². The second-order valence-corrected chi connectivity index (χ2v) is 5.67. The number of aryl methyl sites for hydroxylation is 1. The van der Waals surface area contributed by atoms with Crippen LogP contribution in [0.25, 0.3) is 0 Å². The van der Waals surface area contributed by atoms with Gasteiger partial charge in [-0.1, -0.05) is 38.1 Å². The van der Waals surface area contributed by atoms with Gasteiger partial charge in [0.15, 0.2) is 0 Å². The average molecular weight is 278 g/mol. The van der Waals surface area contributed by atoms with Crippen LogP contribution in [0.1, 0.15) is 45.6 Å². The topological polar surface area (TPSA) is 67.8 Å². The van der Waals surface area contributed by atoms with Crippen molar-refractivity contribution in [2.24, 2.45) is 16.3 Å². The van der Waals surface area contributed by atoms with Crippen molar-refractivity contribution in [1.82, 2.24) is 0 Å². The van der Waals surface area contributed by atoms with Gasteiger partial charge in [0, 0.05) is 5.41 Å². The third-order valence-electron chi connectivity index (χ3n) is 3.60. The quantitative estimate of drug-likeness (QED) is 0.251. The van der Waals surface area contributed by atoms with Crippen LogP contribution in [-0.4, -0.2) is 17.6 Å². The smallest absolute Gasteiger partial charge is 0.144 e. The highest BCUT2D eigenvalue weighted by molar-refractivity contribution is 5.85. The second kappa shape index (κ2) is 7.78. The van der Waals surface area contributed by atoms with Crippen LogP contribution in [0.4, 0.5) is 0 Å². The molecule has 1 aromatic rings. The predicted octanol–water partition coefficient (Wildman–Crippen LogP) is 3.57. The van der Waals surface area contributed by atoms with E-state index in [1.54, 1.807) is 0 Å². The number of benzene rings is 1. The minimum Gasteiger partial charge on any atom is -0.494 e. The summed E-state index contributed by atoms with van der Waals surface area (Å²) in [6.07, 6.45) is 3.86. The highest BCUT2D eigenvalue weighted by atomic mass is 16.5. The normalized spacial score (nSPS) is 12.4. The van der Waals surface area contributed by atoms with E-state index in [1.165, 1.54) is 5.56 Å². The summed E-state index contributed by atoms with van der Waals surface area (Å²) in [6.45, 7) is 6.79. The van der Waals surface area contributed by atoms with Gasteiger partial charge in [0.25, 0.3) is 0 Å². The molecule has 0 unspecified atom stereocenters. The zero-order valence-corrected chi connectivity index (χ0v) is 12.7. The first kappa shape index (κ1) is 16.3. The first-order chi connectivity index (χ1) is 9.49. The molecule has 0 amide bonds. The summed E-state index contributed by atoms with van der Waals surface area (Å²) < 4.78 is 5.70. The van der Waals surface area contributed by atoms with Crippen LogP contribution < -0.4 is 10.5 Å². The number of rotatable bonds is 8. The molecule has 0 fully saturated rings. The molecule has 0 saturated heterocycles. The summed E-state index contributed by atoms with van der Waals surface area (Å²) in [5.74, 6) is 1.20. The number of nitrogens with zero attached hydrogens (tertiary/aromatic N) is 1. The van der Waals surface area contributed by atoms with Crippen molar-refractivity contribution in [3.63, 3.8) is 0 Å². The van der Waals surface area contributed by atoms with Gasteiger partial charge in [0.05, 0.1) is 6.61 Å². The molecule has 0 aliphatic heterocycles. The molecule has 3 N–H and O–H groups in total. The van der Waals surface area contributed by atoms with E-state index in [9.17, 15) is 0 Å². The van der Waals surface area contributed by atoms with E-state index >= 15 is 0 Å². The van der Waals surface area contributed by atoms with Crippen LogP contribution in [0.3, 0.4) is 0 Å². The first-order valence-electron chi connectivity index (χ1n) is 7.19. The van der Waals surface area contributed by atoms with E-state index in [1.807, 2.05) is 26.0 Å². The largest absolute Gasteiger partial charge is 0.494 e. The van der Waals surface area contributed by atoms with Gasteiger partial charge in [0.2, 0.25) is 0 Å². The Bertz CT molecular complexity index is 425. The maximum atomic E-state index is 8.70. The van der Waals surface area contributed by atoms with E-state index in [2.05, 4.69) is 24.2 Å². The van der Waals surface area contributed by atoms with Crippen molar-refractivity contribution < 1.29 is 9.94 Å². The van der Waals surface area contributed by atoms with Crippen LogP contribution >= 0.6 is 0 Å². The average Bonchev–Trinajstić information content (AvgIpc) is 2.46. The zero-order chi connectivity index (χ0) is 15.0. The molecule has 0 aliphatic carbocycles. The Morgan fingerprint density at radius 2 is 1.90 bits per heavy atom.